The second-order valence-electron chi connectivity index (χ2n) is 5.24. The van der Waals surface area contributed by atoms with Crippen molar-refractivity contribution in [1.82, 2.24) is 0 Å². The number of carbonyl (C=O) groups excluding carboxylic acids is 1. The molecular formula is C18H21NO2. The van der Waals surface area contributed by atoms with Crippen LogP contribution in [0, 0.1) is 13.8 Å². The third kappa shape index (κ3) is 3.43. The standard InChI is InChI=1S/C18H21NO2/c1-4-8-21-16-9-12(2)17(13(3)10-16)18(20)14-6-5-7-15(19)11-14/h5-7,9-11H,4,8,19H2,1-3H3. The zero-order chi connectivity index (χ0) is 15.4. The Kier molecular flexibility index (Phi) is 4.63. The van der Waals surface area contributed by atoms with E-state index in [2.05, 4.69) is 6.92 Å². The Hall–Kier alpha value is -2.29. The van der Waals surface area contributed by atoms with Crippen molar-refractivity contribution in [3.05, 3.63) is 58.7 Å². The fraction of sp³-hybridized carbons (Fsp3) is 0.278. The van der Waals surface area contributed by atoms with E-state index in [9.17, 15) is 4.79 Å². The van der Waals surface area contributed by atoms with Crippen molar-refractivity contribution >= 4 is 11.5 Å². The Balaban J connectivity index is 2.38. The van der Waals surface area contributed by atoms with Gasteiger partial charge >= 0.3 is 0 Å². The molecule has 2 aromatic rings. The molecule has 0 saturated heterocycles. The summed E-state index contributed by atoms with van der Waals surface area (Å²) in [6.45, 7) is 6.62. The number of anilines is 1. The first-order chi connectivity index (χ1) is 10.0. The molecule has 0 bridgehead atoms. The molecule has 0 unspecified atom stereocenters. The van der Waals surface area contributed by atoms with Gasteiger partial charge in [0.2, 0.25) is 0 Å². The van der Waals surface area contributed by atoms with E-state index < -0.39 is 0 Å². The van der Waals surface area contributed by atoms with Crippen molar-refractivity contribution in [3.8, 4) is 5.75 Å². The number of ketones is 1. The summed E-state index contributed by atoms with van der Waals surface area (Å²) in [6.07, 6.45) is 0.960. The lowest BCUT2D eigenvalue weighted by Crippen LogP contribution is -2.08. The van der Waals surface area contributed by atoms with Crippen LogP contribution in [0.25, 0.3) is 0 Å². The Morgan fingerprint density at radius 2 is 1.81 bits per heavy atom. The minimum absolute atomic E-state index is 0.000610. The van der Waals surface area contributed by atoms with Gasteiger partial charge in [0, 0.05) is 16.8 Å². The first-order valence-corrected chi connectivity index (χ1v) is 7.17. The maximum atomic E-state index is 12.7. The largest absolute Gasteiger partial charge is 0.494 e. The molecule has 0 atom stereocenters. The van der Waals surface area contributed by atoms with Crippen molar-refractivity contribution in [1.29, 1.82) is 0 Å². The van der Waals surface area contributed by atoms with Crippen molar-refractivity contribution in [3.63, 3.8) is 0 Å². The van der Waals surface area contributed by atoms with E-state index in [0.29, 0.717) is 17.9 Å². The Morgan fingerprint density at radius 3 is 2.38 bits per heavy atom. The molecule has 0 fully saturated rings. The van der Waals surface area contributed by atoms with Crippen LogP contribution in [0.4, 0.5) is 5.69 Å². The zero-order valence-electron chi connectivity index (χ0n) is 12.8. The lowest BCUT2D eigenvalue weighted by molar-refractivity contribution is 0.103. The second kappa shape index (κ2) is 6.44. The Bertz CT molecular complexity index is 639. The molecule has 0 aliphatic heterocycles. The number of nitrogens with two attached hydrogens (primary N) is 1. The highest BCUT2D eigenvalue weighted by molar-refractivity contribution is 6.11. The highest BCUT2D eigenvalue weighted by atomic mass is 16.5. The highest BCUT2D eigenvalue weighted by Gasteiger charge is 2.16. The maximum Gasteiger partial charge on any atom is 0.193 e. The fourth-order valence-electron chi connectivity index (χ4n) is 2.41. The number of aryl methyl sites for hydroxylation is 2. The topological polar surface area (TPSA) is 52.3 Å². The van der Waals surface area contributed by atoms with Crippen LogP contribution in [0.15, 0.2) is 36.4 Å². The number of carbonyl (C=O) groups is 1. The quantitative estimate of drug-likeness (QED) is 0.668. The van der Waals surface area contributed by atoms with Crippen LogP contribution in [0.3, 0.4) is 0 Å². The van der Waals surface area contributed by atoms with Gasteiger partial charge < -0.3 is 10.5 Å². The van der Waals surface area contributed by atoms with E-state index in [1.807, 2.05) is 26.0 Å². The first-order valence-electron chi connectivity index (χ1n) is 7.17. The smallest absolute Gasteiger partial charge is 0.193 e. The lowest BCUT2D eigenvalue weighted by atomic mass is 9.94. The molecule has 3 heteroatoms. The van der Waals surface area contributed by atoms with Crippen molar-refractivity contribution in [2.75, 3.05) is 12.3 Å². The van der Waals surface area contributed by atoms with Crippen LogP contribution in [-0.2, 0) is 0 Å². The summed E-state index contributed by atoms with van der Waals surface area (Å²) in [6, 6.07) is 10.9. The molecular weight excluding hydrogens is 262 g/mol. The SMILES string of the molecule is CCCOc1cc(C)c(C(=O)c2cccc(N)c2)c(C)c1. The van der Waals surface area contributed by atoms with E-state index in [1.165, 1.54) is 0 Å². The number of ether oxygens (including phenoxy) is 1. The molecule has 3 nitrogen and oxygen atoms in total. The molecule has 0 amide bonds. The van der Waals surface area contributed by atoms with Crippen molar-refractivity contribution < 1.29 is 9.53 Å². The van der Waals surface area contributed by atoms with Crippen molar-refractivity contribution in [2.45, 2.75) is 27.2 Å². The summed E-state index contributed by atoms with van der Waals surface area (Å²) in [5.41, 5.74) is 9.54. The molecule has 0 spiro atoms. The minimum atomic E-state index is -0.000610. The van der Waals surface area contributed by atoms with Gasteiger partial charge in [-0.05, 0) is 55.7 Å². The highest BCUT2D eigenvalue weighted by Crippen LogP contribution is 2.25. The summed E-state index contributed by atoms with van der Waals surface area (Å²) in [4.78, 5) is 12.7. The monoisotopic (exact) mass is 283 g/mol. The first kappa shape index (κ1) is 15.1. The summed E-state index contributed by atoms with van der Waals surface area (Å²) in [7, 11) is 0. The third-order valence-electron chi connectivity index (χ3n) is 3.35. The number of benzene rings is 2. The van der Waals surface area contributed by atoms with Gasteiger partial charge in [-0.25, -0.2) is 0 Å². The van der Waals surface area contributed by atoms with Crippen LogP contribution in [0.1, 0.15) is 40.4 Å². The predicted molar refractivity (Wildman–Crippen MR) is 86.0 cm³/mol. The van der Waals surface area contributed by atoms with E-state index >= 15 is 0 Å². The number of hydrogen-bond acceptors (Lipinski definition) is 3. The van der Waals surface area contributed by atoms with Crippen LogP contribution in [-0.4, -0.2) is 12.4 Å². The van der Waals surface area contributed by atoms with Crippen molar-refractivity contribution in [2.24, 2.45) is 0 Å². The van der Waals surface area contributed by atoms with E-state index in [1.54, 1.807) is 24.3 Å². The fourth-order valence-corrected chi connectivity index (χ4v) is 2.41. The molecule has 0 heterocycles. The molecule has 0 saturated carbocycles. The van der Waals surface area contributed by atoms with Crippen LogP contribution >= 0.6 is 0 Å². The number of hydrogen-bond donors (Lipinski definition) is 1. The van der Waals surface area contributed by atoms with E-state index in [4.69, 9.17) is 10.5 Å². The molecule has 110 valence electrons. The average Bonchev–Trinajstić information content (AvgIpc) is 2.44. The van der Waals surface area contributed by atoms with Gasteiger partial charge in [-0.3, -0.25) is 4.79 Å². The maximum absolute atomic E-state index is 12.7. The number of rotatable bonds is 5. The molecule has 2 aromatic carbocycles. The Morgan fingerprint density at radius 1 is 1.14 bits per heavy atom. The molecule has 2 rings (SSSR count). The van der Waals surface area contributed by atoms with Gasteiger partial charge in [-0.2, -0.15) is 0 Å². The van der Waals surface area contributed by atoms with Gasteiger partial charge in [0.15, 0.2) is 5.78 Å². The Labute approximate surface area is 125 Å². The molecule has 21 heavy (non-hydrogen) atoms. The molecule has 0 radical (unpaired) electrons. The third-order valence-corrected chi connectivity index (χ3v) is 3.35. The van der Waals surface area contributed by atoms with Gasteiger partial charge in [0.25, 0.3) is 0 Å². The number of nitrogen functional groups attached to an aromatic ring is 1. The second-order valence-corrected chi connectivity index (χ2v) is 5.24. The molecule has 0 aliphatic carbocycles. The van der Waals surface area contributed by atoms with E-state index in [0.717, 1.165) is 28.9 Å². The molecule has 2 N–H and O–H groups in total. The average molecular weight is 283 g/mol. The zero-order valence-corrected chi connectivity index (χ0v) is 12.8. The van der Waals surface area contributed by atoms with Gasteiger partial charge in [-0.15, -0.1) is 0 Å². The van der Waals surface area contributed by atoms with Crippen LogP contribution < -0.4 is 10.5 Å². The predicted octanol–water partition coefficient (Wildman–Crippen LogP) is 3.91. The summed E-state index contributed by atoms with van der Waals surface area (Å²) in [5.74, 6) is 0.815. The van der Waals surface area contributed by atoms with Crippen LogP contribution in [0.5, 0.6) is 5.75 Å². The minimum Gasteiger partial charge on any atom is -0.494 e. The van der Waals surface area contributed by atoms with Gasteiger partial charge in [-0.1, -0.05) is 19.1 Å². The van der Waals surface area contributed by atoms with E-state index in [-0.39, 0.29) is 5.78 Å². The summed E-state index contributed by atoms with van der Waals surface area (Å²) < 4.78 is 5.65. The molecule has 0 aliphatic rings. The van der Waals surface area contributed by atoms with Gasteiger partial charge in [0.05, 0.1) is 6.61 Å². The molecule has 0 aromatic heterocycles. The normalized spacial score (nSPS) is 10.4. The summed E-state index contributed by atoms with van der Waals surface area (Å²) in [5, 5.41) is 0. The summed E-state index contributed by atoms with van der Waals surface area (Å²) >= 11 is 0. The lowest BCUT2D eigenvalue weighted by Gasteiger charge is -2.13. The van der Waals surface area contributed by atoms with Gasteiger partial charge in [0.1, 0.15) is 5.75 Å². The van der Waals surface area contributed by atoms with Crippen LogP contribution in [0.2, 0.25) is 0 Å².